The summed E-state index contributed by atoms with van der Waals surface area (Å²) in [7, 11) is 4.45. The summed E-state index contributed by atoms with van der Waals surface area (Å²) in [6, 6.07) is 8.44. The van der Waals surface area contributed by atoms with Gasteiger partial charge in [-0.25, -0.2) is 0 Å². The number of likely N-dealkylation sites (N-methyl/N-ethyl adjacent to an activating group) is 1. The van der Waals surface area contributed by atoms with Crippen molar-refractivity contribution in [2.75, 3.05) is 33.8 Å². The molecule has 1 saturated carbocycles. The van der Waals surface area contributed by atoms with E-state index in [1.807, 2.05) is 6.07 Å². The van der Waals surface area contributed by atoms with Crippen molar-refractivity contribution in [1.82, 2.24) is 10.2 Å². The molecule has 3 nitrogen and oxygen atoms in total. The molecule has 3 rings (SSSR count). The Hall–Kier alpha value is -1.06. The standard InChI is InChI=1S/C17H26N2O/c1-19(2)17(9-5-6-10-17)13-18-11-14-12-20-16-8-4-3-7-15(14)16/h3-4,7-8,14,18H,5-6,9-13H2,1-2H3. The van der Waals surface area contributed by atoms with E-state index in [-0.39, 0.29) is 0 Å². The molecule has 0 aromatic heterocycles. The van der Waals surface area contributed by atoms with E-state index < -0.39 is 0 Å². The van der Waals surface area contributed by atoms with E-state index in [0.717, 1.165) is 25.4 Å². The van der Waals surface area contributed by atoms with Gasteiger partial charge in [0.1, 0.15) is 5.75 Å². The summed E-state index contributed by atoms with van der Waals surface area (Å²) in [4.78, 5) is 2.42. The Morgan fingerprint density at radius 1 is 1.25 bits per heavy atom. The van der Waals surface area contributed by atoms with Crippen molar-refractivity contribution >= 4 is 0 Å². The molecule has 110 valence electrons. The van der Waals surface area contributed by atoms with Gasteiger partial charge in [0, 0.05) is 30.1 Å². The lowest BCUT2D eigenvalue weighted by Crippen LogP contribution is -2.50. The van der Waals surface area contributed by atoms with Crippen LogP contribution < -0.4 is 10.1 Å². The summed E-state index contributed by atoms with van der Waals surface area (Å²) in [6.45, 7) is 2.94. The minimum absolute atomic E-state index is 0.374. The highest BCUT2D eigenvalue weighted by atomic mass is 16.5. The van der Waals surface area contributed by atoms with Crippen molar-refractivity contribution in [3.63, 3.8) is 0 Å². The van der Waals surface area contributed by atoms with Crippen LogP contribution in [0.1, 0.15) is 37.2 Å². The Balaban J connectivity index is 1.56. The van der Waals surface area contributed by atoms with Crippen molar-refractivity contribution in [3.05, 3.63) is 29.8 Å². The van der Waals surface area contributed by atoms with Crippen LogP contribution in [0.15, 0.2) is 24.3 Å². The average Bonchev–Trinajstić information content (AvgIpc) is 3.07. The smallest absolute Gasteiger partial charge is 0.122 e. The number of hydrogen-bond acceptors (Lipinski definition) is 3. The van der Waals surface area contributed by atoms with Gasteiger partial charge in [-0.05, 0) is 33.0 Å². The number of benzene rings is 1. The van der Waals surface area contributed by atoms with Gasteiger partial charge in [-0.1, -0.05) is 31.0 Å². The lowest BCUT2D eigenvalue weighted by Gasteiger charge is -2.37. The van der Waals surface area contributed by atoms with Crippen molar-refractivity contribution in [2.45, 2.75) is 37.1 Å². The van der Waals surface area contributed by atoms with Crippen molar-refractivity contribution in [3.8, 4) is 5.75 Å². The van der Waals surface area contributed by atoms with Crippen LogP contribution in [0.5, 0.6) is 5.75 Å². The fraction of sp³-hybridized carbons (Fsp3) is 0.647. The zero-order valence-electron chi connectivity index (χ0n) is 12.7. The number of fused-ring (bicyclic) bond motifs is 1. The molecule has 1 aliphatic carbocycles. The predicted molar refractivity (Wildman–Crippen MR) is 82.4 cm³/mol. The molecule has 1 fully saturated rings. The molecule has 1 N–H and O–H groups in total. The molecular weight excluding hydrogens is 248 g/mol. The van der Waals surface area contributed by atoms with Crippen LogP contribution >= 0.6 is 0 Å². The van der Waals surface area contributed by atoms with Gasteiger partial charge in [-0.15, -0.1) is 0 Å². The molecular formula is C17H26N2O. The predicted octanol–water partition coefficient (Wildman–Crippen LogP) is 2.63. The summed E-state index contributed by atoms with van der Waals surface area (Å²) < 4.78 is 5.76. The summed E-state index contributed by atoms with van der Waals surface area (Å²) in [5, 5.41) is 3.71. The normalized spacial score (nSPS) is 23.9. The van der Waals surface area contributed by atoms with Crippen LogP contribution in [-0.4, -0.2) is 44.2 Å². The molecule has 0 radical (unpaired) electrons. The van der Waals surface area contributed by atoms with E-state index in [9.17, 15) is 0 Å². The maximum atomic E-state index is 5.76. The summed E-state index contributed by atoms with van der Waals surface area (Å²) in [5.74, 6) is 1.58. The first-order valence-electron chi connectivity index (χ1n) is 7.81. The molecule has 1 atom stereocenters. The molecule has 1 unspecified atom stereocenters. The van der Waals surface area contributed by atoms with Gasteiger partial charge in [-0.2, -0.15) is 0 Å². The van der Waals surface area contributed by atoms with Crippen LogP contribution in [0.4, 0.5) is 0 Å². The van der Waals surface area contributed by atoms with Gasteiger partial charge < -0.3 is 15.0 Å². The zero-order valence-corrected chi connectivity index (χ0v) is 12.7. The Morgan fingerprint density at radius 2 is 2.00 bits per heavy atom. The Kier molecular flexibility index (Phi) is 3.99. The van der Waals surface area contributed by atoms with Crippen LogP contribution in [-0.2, 0) is 0 Å². The lowest BCUT2D eigenvalue weighted by atomic mass is 9.95. The van der Waals surface area contributed by atoms with Crippen LogP contribution in [0, 0.1) is 0 Å². The maximum Gasteiger partial charge on any atom is 0.122 e. The first-order valence-corrected chi connectivity index (χ1v) is 7.81. The number of nitrogens with one attached hydrogen (secondary N) is 1. The first kappa shape index (κ1) is 13.9. The fourth-order valence-electron chi connectivity index (χ4n) is 3.69. The Labute approximate surface area is 122 Å². The largest absolute Gasteiger partial charge is 0.493 e. The van der Waals surface area contributed by atoms with Crippen molar-refractivity contribution in [2.24, 2.45) is 0 Å². The summed E-state index contributed by atoms with van der Waals surface area (Å²) in [5.41, 5.74) is 1.74. The molecule has 1 aromatic carbocycles. The molecule has 20 heavy (non-hydrogen) atoms. The minimum Gasteiger partial charge on any atom is -0.493 e. The van der Waals surface area contributed by atoms with Crippen LogP contribution in [0.2, 0.25) is 0 Å². The van der Waals surface area contributed by atoms with Gasteiger partial charge in [0.15, 0.2) is 0 Å². The molecule has 1 heterocycles. The van der Waals surface area contributed by atoms with E-state index >= 15 is 0 Å². The van der Waals surface area contributed by atoms with Gasteiger partial charge >= 0.3 is 0 Å². The van der Waals surface area contributed by atoms with E-state index in [2.05, 4.69) is 42.5 Å². The number of ether oxygens (including phenoxy) is 1. The SMILES string of the molecule is CN(C)C1(CNCC2COc3ccccc32)CCCC1. The topological polar surface area (TPSA) is 24.5 Å². The average molecular weight is 274 g/mol. The molecule has 0 saturated heterocycles. The lowest BCUT2D eigenvalue weighted by molar-refractivity contribution is 0.153. The third kappa shape index (κ3) is 2.57. The summed E-state index contributed by atoms with van der Waals surface area (Å²) in [6.07, 6.45) is 5.39. The molecule has 0 spiro atoms. The zero-order chi connectivity index (χ0) is 14.0. The highest BCUT2D eigenvalue weighted by molar-refractivity contribution is 5.39. The van der Waals surface area contributed by atoms with E-state index in [4.69, 9.17) is 4.74 Å². The third-order valence-corrected chi connectivity index (χ3v) is 5.13. The molecule has 3 heteroatoms. The Morgan fingerprint density at radius 3 is 2.75 bits per heavy atom. The van der Waals surface area contributed by atoms with Crippen molar-refractivity contribution < 1.29 is 4.74 Å². The fourth-order valence-corrected chi connectivity index (χ4v) is 3.69. The number of hydrogen-bond donors (Lipinski definition) is 1. The van der Waals surface area contributed by atoms with Gasteiger partial charge in [0.25, 0.3) is 0 Å². The second-order valence-corrected chi connectivity index (χ2v) is 6.50. The number of nitrogens with zero attached hydrogens (tertiary/aromatic N) is 1. The molecule has 2 aliphatic rings. The van der Waals surface area contributed by atoms with Gasteiger partial charge in [-0.3, -0.25) is 0 Å². The second-order valence-electron chi connectivity index (χ2n) is 6.50. The molecule has 1 aromatic rings. The molecule has 0 bridgehead atoms. The summed E-state index contributed by atoms with van der Waals surface area (Å²) >= 11 is 0. The Bertz CT molecular complexity index is 452. The quantitative estimate of drug-likeness (QED) is 0.893. The number of rotatable bonds is 5. The van der Waals surface area contributed by atoms with E-state index in [0.29, 0.717) is 11.5 Å². The van der Waals surface area contributed by atoms with E-state index in [1.54, 1.807) is 0 Å². The second kappa shape index (κ2) is 5.74. The van der Waals surface area contributed by atoms with Crippen LogP contribution in [0.3, 0.4) is 0 Å². The van der Waals surface area contributed by atoms with Gasteiger partial charge in [0.05, 0.1) is 6.61 Å². The highest BCUT2D eigenvalue weighted by Crippen LogP contribution is 2.35. The van der Waals surface area contributed by atoms with E-state index in [1.165, 1.54) is 31.2 Å². The van der Waals surface area contributed by atoms with Gasteiger partial charge in [0.2, 0.25) is 0 Å². The first-order chi connectivity index (χ1) is 9.71. The monoisotopic (exact) mass is 274 g/mol. The van der Waals surface area contributed by atoms with Crippen LogP contribution in [0.25, 0.3) is 0 Å². The third-order valence-electron chi connectivity index (χ3n) is 5.13. The molecule has 0 amide bonds. The number of para-hydroxylation sites is 1. The molecule has 1 aliphatic heterocycles. The highest BCUT2D eigenvalue weighted by Gasteiger charge is 2.35. The van der Waals surface area contributed by atoms with Crippen molar-refractivity contribution in [1.29, 1.82) is 0 Å². The minimum atomic E-state index is 0.374. The maximum absolute atomic E-state index is 5.76.